The van der Waals surface area contributed by atoms with E-state index < -0.39 is 17.8 Å². The molecule has 0 aliphatic carbocycles. The van der Waals surface area contributed by atoms with Crippen molar-refractivity contribution in [1.82, 2.24) is 9.97 Å². The smallest absolute Gasteiger partial charge is 0.345 e. The van der Waals surface area contributed by atoms with Crippen molar-refractivity contribution >= 4 is 23.0 Å². The number of para-hydroxylation sites is 2. The molecule has 3 aromatic rings. The quantitative estimate of drug-likeness (QED) is 0.550. The summed E-state index contributed by atoms with van der Waals surface area (Å²) in [5.41, 5.74) is 7.45. The number of primary amides is 1. The van der Waals surface area contributed by atoms with Gasteiger partial charge in [-0.2, -0.15) is 4.98 Å². The van der Waals surface area contributed by atoms with E-state index in [2.05, 4.69) is 15.3 Å². The van der Waals surface area contributed by atoms with E-state index in [0.717, 1.165) is 11.4 Å². The Morgan fingerprint density at radius 3 is 2.45 bits per heavy atom. The van der Waals surface area contributed by atoms with Crippen molar-refractivity contribution in [3.05, 3.63) is 64.3 Å². The van der Waals surface area contributed by atoms with E-state index in [9.17, 15) is 9.59 Å². The molecule has 4 rings (SSSR count). The van der Waals surface area contributed by atoms with Crippen LogP contribution in [0.2, 0.25) is 0 Å². The molecule has 1 aliphatic rings. The van der Waals surface area contributed by atoms with Crippen LogP contribution in [0.3, 0.4) is 0 Å². The molecule has 0 fully saturated rings. The number of aromatic amines is 1. The molecule has 10 nitrogen and oxygen atoms in total. The van der Waals surface area contributed by atoms with Gasteiger partial charge < -0.3 is 30.2 Å². The van der Waals surface area contributed by atoms with Crippen LogP contribution in [-0.2, 0) is 0 Å². The Balaban J connectivity index is 1.96. The number of hydrogen-bond acceptors (Lipinski definition) is 8. The first-order chi connectivity index (χ1) is 15.0. The molecular formula is C21H21N5O5. The number of anilines is 3. The number of nitrogens with one attached hydrogen (secondary N) is 2. The summed E-state index contributed by atoms with van der Waals surface area (Å²) in [4.78, 5) is 31.9. The van der Waals surface area contributed by atoms with Gasteiger partial charge in [0.2, 0.25) is 5.75 Å². The molecule has 0 saturated carbocycles. The van der Waals surface area contributed by atoms with Gasteiger partial charge >= 0.3 is 5.69 Å². The lowest BCUT2D eigenvalue weighted by Crippen LogP contribution is -2.30. The Morgan fingerprint density at radius 1 is 1.03 bits per heavy atom. The van der Waals surface area contributed by atoms with Crippen molar-refractivity contribution in [3.8, 4) is 17.2 Å². The van der Waals surface area contributed by atoms with Crippen molar-refractivity contribution in [2.24, 2.45) is 5.73 Å². The predicted octanol–water partition coefficient (Wildman–Crippen LogP) is 2.16. The molecule has 2 aromatic carbocycles. The van der Waals surface area contributed by atoms with Crippen LogP contribution < -0.4 is 35.9 Å². The molecule has 1 aliphatic heterocycles. The second-order valence-electron chi connectivity index (χ2n) is 6.67. The molecule has 1 unspecified atom stereocenters. The minimum atomic E-state index is -0.781. The summed E-state index contributed by atoms with van der Waals surface area (Å²) in [6.45, 7) is 0. The second-order valence-corrected chi connectivity index (χ2v) is 6.67. The van der Waals surface area contributed by atoms with Gasteiger partial charge in [-0.25, -0.2) is 4.79 Å². The normalized spacial score (nSPS) is 14.5. The first-order valence-electron chi connectivity index (χ1n) is 9.33. The van der Waals surface area contributed by atoms with Gasteiger partial charge in [-0.05, 0) is 24.3 Å². The highest BCUT2D eigenvalue weighted by Crippen LogP contribution is 2.51. The zero-order valence-corrected chi connectivity index (χ0v) is 17.1. The average molecular weight is 423 g/mol. The van der Waals surface area contributed by atoms with Crippen LogP contribution in [0.25, 0.3) is 0 Å². The molecule has 0 saturated heterocycles. The van der Waals surface area contributed by atoms with E-state index in [1.54, 1.807) is 6.07 Å². The molecule has 0 radical (unpaired) electrons. The van der Waals surface area contributed by atoms with Gasteiger partial charge in [0, 0.05) is 5.56 Å². The van der Waals surface area contributed by atoms with Crippen LogP contribution in [0.5, 0.6) is 17.2 Å². The minimum absolute atomic E-state index is 0.0528. The largest absolute Gasteiger partial charge is 0.493 e. The highest BCUT2D eigenvalue weighted by molar-refractivity contribution is 5.99. The Bertz CT molecular complexity index is 1210. The minimum Gasteiger partial charge on any atom is -0.493 e. The molecule has 2 heterocycles. The van der Waals surface area contributed by atoms with Gasteiger partial charge in [0.25, 0.3) is 5.91 Å². The van der Waals surface area contributed by atoms with Crippen molar-refractivity contribution < 1.29 is 19.0 Å². The van der Waals surface area contributed by atoms with Crippen LogP contribution >= 0.6 is 0 Å². The number of ether oxygens (including phenoxy) is 3. The van der Waals surface area contributed by atoms with Crippen molar-refractivity contribution in [3.63, 3.8) is 0 Å². The fraction of sp³-hybridized carbons (Fsp3) is 0.190. The number of amides is 1. The third-order valence-electron chi connectivity index (χ3n) is 5.04. The van der Waals surface area contributed by atoms with Crippen molar-refractivity contribution in [2.45, 2.75) is 6.17 Å². The van der Waals surface area contributed by atoms with Crippen LogP contribution in [0.1, 0.15) is 22.2 Å². The lowest BCUT2D eigenvalue weighted by molar-refractivity contribution is 0.0995. The lowest BCUT2D eigenvalue weighted by Gasteiger charge is -2.29. The van der Waals surface area contributed by atoms with Crippen LogP contribution in [0.15, 0.2) is 47.4 Å². The van der Waals surface area contributed by atoms with Crippen molar-refractivity contribution in [2.75, 3.05) is 31.5 Å². The monoisotopic (exact) mass is 423 g/mol. The SMILES string of the molecule is COc1ccc(C2Nc3ccccc3N2c2cnc(=O)[nH]c2C(N)=O)c(OC)c1OC. The van der Waals surface area contributed by atoms with Gasteiger partial charge in [-0.15, -0.1) is 0 Å². The van der Waals surface area contributed by atoms with Gasteiger partial charge in [0.1, 0.15) is 11.9 Å². The molecule has 31 heavy (non-hydrogen) atoms. The number of fused-ring (bicyclic) bond motifs is 1. The molecule has 4 N–H and O–H groups in total. The summed E-state index contributed by atoms with van der Waals surface area (Å²) in [5.74, 6) is 0.607. The molecule has 1 atom stereocenters. The fourth-order valence-electron chi connectivity index (χ4n) is 3.74. The summed E-state index contributed by atoms with van der Waals surface area (Å²) < 4.78 is 16.6. The maximum absolute atomic E-state index is 12.1. The number of H-pyrrole nitrogens is 1. The zero-order valence-electron chi connectivity index (χ0n) is 17.1. The molecule has 10 heteroatoms. The van der Waals surface area contributed by atoms with E-state index in [1.165, 1.54) is 27.5 Å². The Morgan fingerprint density at radius 2 is 1.77 bits per heavy atom. The van der Waals surface area contributed by atoms with Crippen LogP contribution in [0, 0.1) is 0 Å². The van der Waals surface area contributed by atoms with E-state index in [4.69, 9.17) is 19.9 Å². The Hall–Kier alpha value is -4.21. The summed E-state index contributed by atoms with van der Waals surface area (Å²) >= 11 is 0. The molecular weight excluding hydrogens is 402 g/mol. The molecule has 0 spiro atoms. The highest BCUT2D eigenvalue weighted by Gasteiger charge is 2.36. The first kappa shape index (κ1) is 20.1. The number of aromatic nitrogens is 2. The Kier molecular flexibility index (Phi) is 5.12. The number of carbonyl (C=O) groups is 1. The Labute approximate surface area is 177 Å². The van der Waals surface area contributed by atoms with Crippen molar-refractivity contribution in [1.29, 1.82) is 0 Å². The van der Waals surface area contributed by atoms with Gasteiger partial charge in [0.15, 0.2) is 11.5 Å². The van der Waals surface area contributed by atoms with Crippen LogP contribution in [-0.4, -0.2) is 37.2 Å². The van der Waals surface area contributed by atoms with Gasteiger partial charge in [0.05, 0.1) is 44.6 Å². The number of nitrogens with zero attached hydrogens (tertiary/aromatic N) is 2. The van der Waals surface area contributed by atoms with E-state index in [1.807, 2.05) is 35.2 Å². The zero-order chi connectivity index (χ0) is 22.1. The van der Waals surface area contributed by atoms with Gasteiger partial charge in [-0.3, -0.25) is 9.78 Å². The number of nitrogens with two attached hydrogens (primary N) is 1. The van der Waals surface area contributed by atoms with Gasteiger partial charge in [-0.1, -0.05) is 12.1 Å². The van der Waals surface area contributed by atoms with E-state index in [0.29, 0.717) is 28.5 Å². The number of hydrogen-bond donors (Lipinski definition) is 3. The number of benzene rings is 2. The maximum atomic E-state index is 12.1. The van der Waals surface area contributed by atoms with E-state index >= 15 is 0 Å². The number of carbonyl (C=O) groups excluding carboxylic acids is 1. The summed E-state index contributed by atoms with van der Waals surface area (Å²) in [6, 6.07) is 11.1. The maximum Gasteiger partial charge on any atom is 0.345 e. The van der Waals surface area contributed by atoms with Crippen LogP contribution in [0.4, 0.5) is 17.1 Å². The summed E-state index contributed by atoms with van der Waals surface area (Å²) in [7, 11) is 4.59. The summed E-state index contributed by atoms with van der Waals surface area (Å²) in [5, 5.41) is 3.42. The highest BCUT2D eigenvalue weighted by atomic mass is 16.5. The lowest BCUT2D eigenvalue weighted by atomic mass is 10.1. The third-order valence-corrected chi connectivity index (χ3v) is 5.04. The average Bonchev–Trinajstić information content (AvgIpc) is 3.16. The molecule has 1 aromatic heterocycles. The standard InChI is InChI=1S/C21H21N5O5/c1-29-15-9-8-11(17(30-2)18(15)31-3)20-24-12-6-4-5-7-13(12)26(20)14-10-23-21(28)25-16(14)19(22)27/h4-10,20,24H,1-3H3,(H2,22,27)(H,23,25,28). The predicted molar refractivity (Wildman–Crippen MR) is 114 cm³/mol. The third kappa shape index (κ3) is 3.27. The second kappa shape index (κ2) is 7.90. The summed E-state index contributed by atoms with van der Waals surface area (Å²) in [6.07, 6.45) is 0.793. The number of methoxy groups -OCH3 is 3. The molecule has 0 bridgehead atoms. The molecule has 160 valence electrons. The van der Waals surface area contributed by atoms with E-state index in [-0.39, 0.29) is 5.69 Å². The molecule has 1 amide bonds. The fourth-order valence-corrected chi connectivity index (χ4v) is 3.74. The topological polar surface area (TPSA) is 132 Å². The number of rotatable bonds is 6. The first-order valence-corrected chi connectivity index (χ1v) is 9.33.